The number of nitrogens with zero attached hydrogens (tertiary/aromatic N) is 1. The summed E-state index contributed by atoms with van der Waals surface area (Å²) in [6.07, 6.45) is 5.21. The lowest BCUT2D eigenvalue weighted by atomic mass is 10.1. The third-order valence-electron chi connectivity index (χ3n) is 6.08. The normalized spacial score (nSPS) is 14.8. The average Bonchev–Trinajstić information content (AvgIpc) is 3.28. The van der Waals surface area contributed by atoms with Crippen LogP contribution in [0.25, 0.3) is 0 Å². The van der Waals surface area contributed by atoms with Crippen LogP contribution in [0.3, 0.4) is 0 Å². The third-order valence-corrected chi connectivity index (χ3v) is 6.08. The SMILES string of the molecule is CC[C@H](C(=O)NC1CCCC1)N(Cc1ccc(C)cc1)C(=O)Cc1ccc(OC)cc1. The average molecular weight is 423 g/mol. The highest BCUT2D eigenvalue weighted by molar-refractivity contribution is 5.88. The molecule has 0 saturated heterocycles. The first-order valence-electron chi connectivity index (χ1n) is 11.3. The molecule has 2 aromatic carbocycles. The van der Waals surface area contributed by atoms with Gasteiger partial charge in [-0.05, 0) is 49.4 Å². The fourth-order valence-corrected chi connectivity index (χ4v) is 4.20. The maximum absolute atomic E-state index is 13.4. The summed E-state index contributed by atoms with van der Waals surface area (Å²) in [5, 5.41) is 3.19. The van der Waals surface area contributed by atoms with Gasteiger partial charge in [-0.15, -0.1) is 0 Å². The Morgan fingerprint density at radius 2 is 1.65 bits per heavy atom. The third kappa shape index (κ3) is 6.33. The molecule has 5 heteroatoms. The Labute approximate surface area is 185 Å². The summed E-state index contributed by atoms with van der Waals surface area (Å²) in [6, 6.07) is 15.4. The zero-order chi connectivity index (χ0) is 22.2. The minimum atomic E-state index is -0.479. The van der Waals surface area contributed by atoms with E-state index in [4.69, 9.17) is 4.74 Å². The predicted octanol–water partition coefficient (Wildman–Crippen LogP) is 4.41. The summed E-state index contributed by atoms with van der Waals surface area (Å²) in [7, 11) is 1.62. The molecule has 31 heavy (non-hydrogen) atoms. The van der Waals surface area contributed by atoms with Gasteiger partial charge in [0.1, 0.15) is 11.8 Å². The first-order valence-corrected chi connectivity index (χ1v) is 11.3. The molecule has 0 aliphatic heterocycles. The molecule has 1 saturated carbocycles. The smallest absolute Gasteiger partial charge is 0.243 e. The number of carbonyl (C=O) groups is 2. The molecule has 0 heterocycles. The molecule has 0 bridgehead atoms. The van der Waals surface area contributed by atoms with Crippen LogP contribution in [0.5, 0.6) is 5.75 Å². The monoisotopic (exact) mass is 422 g/mol. The molecule has 2 aromatic rings. The minimum absolute atomic E-state index is 0.0374. The molecule has 5 nitrogen and oxygen atoms in total. The zero-order valence-electron chi connectivity index (χ0n) is 18.9. The first-order chi connectivity index (χ1) is 15.0. The van der Waals surface area contributed by atoms with Gasteiger partial charge in [0.25, 0.3) is 0 Å². The molecule has 0 aromatic heterocycles. The molecule has 0 unspecified atom stereocenters. The Morgan fingerprint density at radius 3 is 2.23 bits per heavy atom. The molecule has 1 aliphatic carbocycles. The van der Waals surface area contributed by atoms with E-state index in [-0.39, 0.29) is 24.3 Å². The zero-order valence-corrected chi connectivity index (χ0v) is 18.9. The van der Waals surface area contributed by atoms with Crippen LogP contribution in [0, 0.1) is 6.92 Å². The number of hydrogen-bond acceptors (Lipinski definition) is 3. The van der Waals surface area contributed by atoms with E-state index in [9.17, 15) is 9.59 Å². The molecular formula is C26H34N2O3. The maximum atomic E-state index is 13.4. The number of aryl methyl sites for hydroxylation is 1. The van der Waals surface area contributed by atoms with Gasteiger partial charge in [0, 0.05) is 12.6 Å². The highest BCUT2D eigenvalue weighted by atomic mass is 16.5. The topological polar surface area (TPSA) is 58.6 Å². The van der Waals surface area contributed by atoms with Gasteiger partial charge in [-0.3, -0.25) is 9.59 Å². The Kier molecular flexibility index (Phi) is 8.10. The van der Waals surface area contributed by atoms with Crippen LogP contribution >= 0.6 is 0 Å². The Bertz CT molecular complexity index is 855. The van der Waals surface area contributed by atoms with Crippen LogP contribution in [0.15, 0.2) is 48.5 Å². The highest BCUT2D eigenvalue weighted by Crippen LogP contribution is 2.20. The van der Waals surface area contributed by atoms with Crippen molar-refractivity contribution in [1.29, 1.82) is 0 Å². The fourth-order valence-electron chi connectivity index (χ4n) is 4.20. The molecule has 2 amide bonds. The van der Waals surface area contributed by atoms with E-state index in [2.05, 4.69) is 5.32 Å². The largest absolute Gasteiger partial charge is 0.497 e. The van der Waals surface area contributed by atoms with Gasteiger partial charge >= 0.3 is 0 Å². The van der Waals surface area contributed by atoms with Gasteiger partial charge in [0.15, 0.2) is 0 Å². The van der Waals surface area contributed by atoms with Gasteiger partial charge in [-0.2, -0.15) is 0 Å². The van der Waals surface area contributed by atoms with Crippen LogP contribution in [0.1, 0.15) is 55.7 Å². The Hall–Kier alpha value is -2.82. The number of rotatable bonds is 9. The number of methoxy groups -OCH3 is 1. The second-order valence-electron chi connectivity index (χ2n) is 8.45. The van der Waals surface area contributed by atoms with E-state index in [1.807, 2.05) is 62.4 Å². The van der Waals surface area contributed by atoms with Crippen LogP contribution in [0.2, 0.25) is 0 Å². The predicted molar refractivity (Wildman–Crippen MR) is 123 cm³/mol. The van der Waals surface area contributed by atoms with Crippen molar-refractivity contribution in [3.8, 4) is 5.75 Å². The molecule has 1 N–H and O–H groups in total. The number of hydrogen-bond donors (Lipinski definition) is 1. The molecule has 1 atom stereocenters. The van der Waals surface area contributed by atoms with Crippen molar-refractivity contribution < 1.29 is 14.3 Å². The minimum Gasteiger partial charge on any atom is -0.497 e. The molecule has 1 fully saturated rings. The van der Waals surface area contributed by atoms with E-state index in [0.717, 1.165) is 42.6 Å². The number of carbonyl (C=O) groups excluding carboxylic acids is 2. The lowest BCUT2D eigenvalue weighted by Crippen LogP contribution is -2.51. The van der Waals surface area contributed by atoms with E-state index in [0.29, 0.717) is 13.0 Å². The summed E-state index contributed by atoms with van der Waals surface area (Å²) in [4.78, 5) is 28.3. The summed E-state index contributed by atoms with van der Waals surface area (Å²) >= 11 is 0. The number of ether oxygens (including phenoxy) is 1. The second-order valence-corrected chi connectivity index (χ2v) is 8.45. The van der Waals surface area contributed by atoms with Crippen molar-refractivity contribution in [1.82, 2.24) is 10.2 Å². The van der Waals surface area contributed by atoms with Crippen LogP contribution in [-0.4, -0.2) is 35.9 Å². The van der Waals surface area contributed by atoms with Gasteiger partial charge in [-0.1, -0.05) is 61.7 Å². The second kappa shape index (κ2) is 11.0. The number of benzene rings is 2. The quantitative estimate of drug-likeness (QED) is 0.651. The van der Waals surface area contributed by atoms with Crippen LogP contribution in [0.4, 0.5) is 0 Å². The first kappa shape index (κ1) is 22.9. The van der Waals surface area contributed by atoms with E-state index in [1.165, 1.54) is 5.56 Å². The summed E-state index contributed by atoms with van der Waals surface area (Å²) in [5.41, 5.74) is 3.11. The number of nitrogens with one attached hydrogen (secondary N) is 1. The summed E-state index contributed by atoms with van der Waals surface area (Å²) in [5.74, 6) is 0.679. The highest BCUT2D eigenvalue weighted by Gasteiger charge is 2.30. The maximum Gasteiger partial charge on any atom is 0.243 e. The van der Waals surface area contributed by atoms with Crippen molar-refractivity contribution in [3.05, 3.63) is 65.2 Å². The lowest BCUT2D eigenvalue weighted by molar-refractivity contribution is -0.141. The van der Waals surface area contributed by atoms with Gasteiger partial charge in [-0.25, -0.2) is 0 Å². The summed E-state index contributed by atoms with van der Waals surface area (Å²) < 4.78 is 5.21. The van der Waals surface area contributed by atoms with Crippen molar-refractivity contribution in [2.45, 2.75) is 71.0 Å². The molecule has 166 valence electrons. The molecule has 3 rings (SSSR count). The van der Waals surface area contributed by atoms with Gasteiger partial charge in [0.05, 0.1) is 13.5 Å². The van der Waals surface area contributed by atoms with E-state index < -0.39 is 6.04 Å². The lowest BCUT2D eigenvalue weighted by Gasteiger charge is -2.31. The fraction of sp³-hybridized carbons (Fsp3) is 0.462. The van der Waals surface area contributed by atoms with Crippen molar-refractivity contribution in [2.75, 3.05) is 7.11 Å². The molecular weight excluding hydrogens is 388 g/mol. The van der Waals surface area contributed by atoms with Gasteiger partial charge < -0.3 is 15.0 Å². The van der Waals surface area contributed by atoms with E-state index in [1.54, 1.807) is 12.0 Å². The van der Waals surface area contributed by atoms with Crippen molar-refractivity contribution in [2.24, 2.45) is 0 Å². The summed E-state index contributed by atoms with van der Waals surface area (Å²) in [6.45, 7) is 4.44. The van der Waals surface area contributed by atoms with Crippen molar-refractivity contribution >= 4 is 11.8 Å². The van der Waals surface area contributed by atoms with E-state index >= 15 is 0 Å². The molecule has 1 aliphatic rings. The van der Waals surface area contributed by atoms with Crippen molar-refractivity contribution in [3.63, 3.8) is 0 Å². The van der Waals surface area contributed by atoms with Crippen LogP contribution in [-0.2, 0) is 22.6 Å². The van der Waals surface area contributed by atoms with Crippen LogP contribution < -0.4 is 10.1 Å². The standard InChI is InChI=1S/C26H34N2O3/c1-4-24(26(30)27-22-7-5-6-8-22)28(18-21-11-9-19(2)10-12-21)25(29)17-20-13-15-23(31-3)16-14-20/h9-16,22,24H,4-8,17-18H2,1-3H3,(H,27,30)/t24-/m1/s1. The van der Waals surface area contributed by atoms with Gasteiger partial charge in [0.2, 0.25) is 11.8 Å². The molecule has 0 radical (unpaired) electrons. The Balaban J connectivity index is 1.79. The molecule has 0 spiro atoms. The number of amides is 2. The Morgan fingerprint density at radius 1 is 1.03 bits per heavy atom.